The van der Waals surface area contributed by atoms with Crippen LogP contribution >= 0.6 is 0 Å². The minimum atomic E-state index is 0.481. The van der Waals surface area contributed by atoms with Crippen LogP contribution in [0.25, 0.3) is 21.5 Å². The van der Waals surface area contributed by atoms with E-state index >= 15 is 0 Å². The van der Waals surface area contributed by atoms with Crippen molar-refractivity contribution >= 4 is 21.5 Å². The zero-order valence-corrected chi connectivity index (χ0v) is 16.1. The molecule has 0 amide bonds. The molecule has 2 atom stereocenters. The molecule has 0 aromatic heterocycles. The van der Waals surface area contributed by atoms with E-state index in [0.717, 1.165) is 25.9 Å². The van der Waals surface area contributed by atoms with Crippen molar-refractivity contribution in [3.8, 4) is 0 Å². The maximum absolute atomic E-state index is 3.79. The second-order valence-corrected chi connectivity index (χ2v) is 7.90. The van der Waals surface area contributed by atoms with Gasteiger partial charge in [-0.3, -0.25) is 0 Å². The molecule has 2 heteroatoms. The lowest BCUT2D eigenvalue weighted by atomic mass is 9.95. The molecule has 2 N–H and O–H groups in total. The molecule has 1 heterocycles. The Labute approximate surface area is 166 Å². The number of benzene rings is 4. The standard InChI is InChI=1S/C26H26N2/c1-3-13-25-19(7-1)9-5-11-21(25)15-23-17-28-24(18-27-23)16-22-12-6-10-20-8-2-4-14-26(20)22/h1-14,23-24,27-28H,15-18H2/t23-,24-/m0/s1. The minimum Gasteiger partial charge on any atom is -0.311 e. The van der Waals surface area contributed by atoms with E-state index in [1.807, 2.05) is 0 Å². The molecule has 0 radical (unpaired) electrons. The van der Waals surface area contributed by atoms with Gasteiger partial charge in [0, 0.05) is 25.2 Å². The maximum atomic E-state index is 3.79. The minimum absolute atomic E-state index is 0.481. The Morgan fingerprint density at radius 2 is 0.964 bits per heavy atom. The number of hydrogen-bond donors (Lipinski definition) is 2. The van der Waals surface area contributed by atoms with Gasteiger partial charge in [0.05, 0.1) is 0 Å². The second-order valence-electron chi connectivity index (χ2n) is 7.90. The quantitative estimate of drug-likeness (QED) is 0.547. The summed E-state index contributed by atoms with van der Waals surface area (Å²) < 4.78 is 0. The van der Waals surface area contributed by atoms with Crippen molar-refractivity contribution in [2.45, 2.75) is 24.9 Å². The summed E-state index contributed by atoms with van der Waals surface area (Å²) in [6, 6.07) is 31.6. The molecular formula is C26H26N2. The predicted octanol–water partition coefficient (Wildman–Crippen LogP) is 4.71. The fourth-order valence-corrected chi connectivity index (χ4v) is 4.52. The SMILES string of the molecule is c1ccc2c(C[C@H]3CN[C@@H](Cc4cccc5ccccc45)CN3)cccc2c1. The summed E-state index contributed by atoms with van der Waals surface area (Å²) >= 11 is 0. The molecule has 5 rings (SSSR count). The Morgan fingerprint density at radius 1 is 0.536 bits per heavy atom. The molecule has 0 spiro atoms. The van der Waals surface area contributed by atoms with Gasteiger partial charge in [0.1, 0.15) is 0 Å². The van der Waals surface area contributed by atoms with Crippen LogP contribution in [-0.4, -0.2) is 25.2 Å². The first-order valence-electron chi connectivity index (χ1n) is 10.3. The Hall–Kier alpha value is -2.68. The molecule has 0 unspecified atom stereocenters. The normalized spacial score (nSPS) is 19.9. The monoisotopic (exact) mass is 366 g/mol. The Balaban J connectivity index is 1.25. The van der Waals surface area contributed by atoms with Gasteiger partial charge >= 0.3 is 0 Å². The van der Waals surface area contributed by atoms with Crippen LogP contribution in [-0.2, 0) is 12.8 Å². The molecule has 1 aliphatic rings. The van der Waals surface area contributed by atoms with E-state index in [2.05, 4.69) is 95.6 Å². The summed E-state index contributed by atoms with van der Waals surface area (Å²) in [5, 5.41) is 13.0. The highest BCUT2D eigenvalue weighted by Crippen LogP contribution is 2.22. The Kier molecular flexibility index (Phi) is 4.82. The van der Waals surface area contributed by atoms with Crippen LogP contribution in [0.5, 0.6) is 0 Å². The molecule has 1 saturated heterocycles. The van der Waals surface area contributed by atoms with Gasteiger partial charge in [-0.1, -0.05) is 84.9 Å². The zero-order chi connectivity index (χ0) is 18.8. The third-order valence-corrected chi connectivity index (χ3v) is 6.00. The second kappa shape index (κ2) is 7.75. The predicted molar refractivity (Wildman–Crippen MR) is 119 cm³/mol. The van der Waals surface area contributed by atoms with E-state index in [1.165, 1.54) is 32.7 Å². The summed E-state index contributed by atoms with van der Waals surface area (Å²) in [6.45, 7) is 2.03. The number of nitrogens with one attached hydrogen (secondary N) is 2. The largest absolute Gasteiger partial charge is 0.311 e. The molecule has 0 aliphatic carbocycles. The van der Waals surface area contributed by atoms with Gasteiger partial charge < -0.3 is 10.6 Å². The Bertz CT molecular complexity index is 994. The van der Waals surface area contributed by atoms with Crippen molar-refractivity contribution in [1.29, 1.82) is 0 Å². The molecular weight excluding hydrogens is 340 g/mol. The highest BCUT2D eigenvalue weighted by Gasteiger charge is 2.21. The molecule has 140 valence electrons. The average Bonchev–Trinajstić information content (AvgIpc) is 2.76. The van der Waals surface area contributed by atoms with Gasteiger partial charge in [0.25, 0.3) is 0 Å². The van der Waals surface area contributed by atoms with Gasteiger partial charge in [0.15, 0.2) is 0 Å². The summed E-state index contributed by atoms with van der Waals surface area (Å²) in [6.07, 6.45) is 2.13. The van der Waals surface area contributed by atoms with Gasteiger partial charge in [-0.05, 0) is 45.5 Å². The first-order valence-corrected chi connectivity index (χ1v) is 10.3. The van der Waals surface area contributed by atoms with Crippen LogP contribution in [0.3, 0.4) is 0 Å². The molecule has 4 aromatic carbocycles. The fourth-order valence-electron chi connectivity index (χ4n) is 4.52. The summed E-state index contributed by atoms with van der Waals surface area (Å²) in [5.74, 6) is 0. The molecule has 28 heavy (non-hydrogen) atoms. The van der Waals surface area contributed by atoms with Gasteiger partial charge in [-0.25, -0.2) is 0 Å². The van der Waals surface area contributed by atoms with E-state index in [-0.39, 0.29) is 0 Å². The van der Waals surface area contributed by atoms with Gasteiger partial charge in [-0.2, -0.15) is 0 Å². The highest BCUT2D eigenvalue weighted by atomic mass is 15.1. The first kappa shape index (κ1) is 17.4. The lowest BCUT2D eigenvalue weighted by Gasteiger charge is -2.32. The lowest BCUT2D eigenvalue weighted by Crippen LogP contribution is -2.55. The van der Waals surface area contributed by atoms with E-state index < -0.39 is 0 Å². The molecule has 4 aromatic rings. The van der Waals surface area contributed by atoms with Crippen LogP contribution in [0.15, 0.2) is 84.9 Å². The average molecular weight is 367 g/mol. The number of fused-ring (bicyclic) bond motifs is 2. The van der Waals surface area contributed by atoms with Crippen LogP contribution in [0, 0.1) is 0 Å². The Morgan fingerprint density at radius 3 is 1.43 bits per heavy atom. The van der Waals surface area contributed by atoms with E-state index in [1.54, 1.807) is 0 Å². The van der Waals surface area contributed by atoms with Gasteiger partial charge in [-0.15, -0.1) is 0 Å². The van der Waals surface area contributed by atoms with Crippen molar-refractivity contribution in [2.75, 3.05) is 13.1 Å². The number of hydrogen-bond acceptors (Lipinski definition) is 2. The van der Waals surface area contributed by atoms with E-state index in [4.69, 9.17) is 0 Å². The van der Waals surface area contributed by atoms with Crippen LogP contribution in [0.4, 0.5) is 0 Å². The third-order valence-electron chi connectivity index (χ3n) is 6.00. The lowest BCUT2D eigenvalue weighted by molar-refractivity contribution is 0.343. The number of rotatable bonds is 4. The topological polar surface area (TPSA) is 24.1 Å². The summed E-state index contributed by atoms with van der Waals surface area (Å²) in [5.41, 5.74) is 2.87. The van der Waals surface area contributed by atoms with Crippen LogP contribution in [0.2, 0.25) is 0 Å². The van der Waals surface area contributed by atoms with Crippen molar-refractivity contribution in [3.63, 3.8) is 0 Å². The van der Waals surface area contributed by atoms with Gasteiger partial charge in [0.2, 0.25) is 0 Å². The molecule has 0 bridgehead atoms. The van der Waals surface area contributed by atoms with Crippen molar-refractivity contribution in [2.24, 2.45) is 0 Å². The zero-order valence-electron chi connectivity index (χ0n) is 16.1. The smallest absolute Gasteiger partial charge is 0.0233 e. The maximum Gasteiger partial charge on any atom is 0.0233 e. The van der Waals surface area contributed by atoms with Crippen LogP contribution in [0.1, 0.15) is 11.1 Å². The van der Waals surface area contributed by atoms with E-state index in [0.29, 0.717) is 12.1 Å². The fraction of sp³-hybridized carbons (Fsp3) is 0.231. The van der Waals surface area contributed by atoms with Crippen molar-refractivity contribution in [1.82, 2.24) is 10.6 Å². The van der Waals surface area contributed by atoms with Crippen LogP contribution < -0.4 is 10.6 Å². The first-order chi connectivity index (χ1) is 13.9. The summed E-state index contributed by atoms with van der Waals surface area (Å²) in [4.78, 5) is 0. The highest BCUT2D eigenvalue weighted by molar-refractivity contribution is 5.86. The number of piperazine rings is 1. The third kappa shape index (κ3) is 3.54. The van der Waals surface area contributed by atoms with Crippen molar-refractivity contribution in [3.05, 3.63) is 96.1 Å². The van der Waals surface area contributed by atoms with Crippen molar-refractivity contribution < 1.29 is 0 Å². The molecule has 1 fully saturated rings. The van der Waals surface area contributed by atoms with E-state index in [9.17, 15) is 0 Å². The molecule has 1 aliphatic heterocycles. The molecule has 0 saturated carbocycles. The summed E-state index contributed by atoms with van der Waals surface area (Å²) in [7, 11) is 0. The molecule has 2 nitrogen and oxygen atoms in total.